The van der Waals surface area contributed by atoms with Crippen molar-refractivity contribution in [2.24, 2.45) is 0 Å². The van der Waals surface area contributed by atoms with E-state index in [-0.39, 0.29) is 37.2 Å². The lowest BCUT2D eigenvalue weighted by atomic mass is 10.0. The molecule has 0 spiro atoms. The molecule has 3 aromatic rings. The summed E-state index contributed by atoms with van der Waals surface area (Å²) >= 11 is 0. The van der Waals surface area contributed by atoms with Crippen molar-refractivity contribution in [1.29, 1.82) is 0 Å². The lowest BCUT2D eigenvalue weighted by Crippen LogP contribution is -2.46. The molecule has 2 N–H and O–H groups in total. The van der Waals surface area contributed by atoms with Crippen molar-refractivity contribution in [2.45, 2.75) is 57.2 Å². The number of amides is 3. The molecule has 200 valence electrons. The fourth-order valence-electron chi connectivity index (χ4n) is 4.64. The highest BCUT2D eigenvalue weighted by Gasteiger charge is 2.34. The fourth-order valence-corrected chi connectivity index (χ4v) is 4.64. The molecule has 3 amide bonds. The Bertz CT molecular complexity index is 1220. The number of carbonyl (C=O) groups is 3. The first-order chi connectivity index (χ1) is 18.4. The predicted molar refractivity (Wildman–Crippen MR) is 140 cm³/mol. The highest BCUT2D eigenvalue weighted by Crippen LogP contribution is 2.32. The molecule has 4 rings (SSSR count). The predicted octanol–water partition coefficient (Wildman–Crippen LogP) is 4.66. The average Bonchev–Trinajstić information content (AvgIpc) is 3.64. The van der Waals surface area contributed by atoms with E-state index in [0.717, 1.165) is 25.7 Å². The Balaban J connectivity index is 1.61. The van der Waals surface area contributed by atoms with Gasteiger partial charge < -0.3 is 19.8 Å². The van der Waals surface area contributed by atoms with E-state index >= 15 is 0 Å². The van der Waals surface area contributed by atoms with E-state index in [9.17, 15) is 18.8 Å². The topological polar surface area (TPSA) is 101 Å². The van der Waals surface area contributed by atoms with Crippen LogP contribution in [0.1, 0.15) is 55.9 Å². The molecule has 1 aromatic heterocycles. The summed E-state index contributed by atoms with van der Waals surface area (Å²) in [6, 6.07) is 14.8. The number of nitrogens with zero attached hydrogens (tertiary/aromatic N) is 1. The van der Waals surface area contributed by atoms with Crippen molar-refractivity contribution >= 4 is 23.4 Å². The van der Waals surface area contributed by atoms with Gasteiger partial charge in [-0.15, -0.1) is 0 Å². The minimum Gasteiger partial charge on any atom is -0.497 e. The third kappa shape index (κ3) is 7.00. The van der Waals surface area contributed by atoms with Gasteiger partial charge in [-0.2, -0.15) is 0 Å². The van der Waals surface area contributed by atoms with Crippen LogP contribution in [-0.2, 0) is 20.9 Å². The summed E-state index contributed by atoms with van der Waals surface area (Å²) in [6.07, 6.45) is 5.07. The van der Waals surface area contributed by atoms with Crippen LogP contribution in [0.3, 0.4) is 0 Å². The minimum atomic E-state index is -1.07. The van der Waals surface area contributed by atoms with Crippen molar-refractivity contribution < 1.29 is 27.9 Å². The van der Waals surface area contributed by atoms with E-state index in [0.29, 0.717) is 22.8 Å². The number of ether oxygens (including phenoxy) is 1. The Hall–Kier alpha value is -4.14. The number of carbonyl (C=O) groups excluding carboxylic acids is 3. The van der Waals surface area contributed by atoms with Gasteiger partial charge in [-0.05, 0) is 54.8 Å². The van der Waals surface area contributed by atoms with Gasteiger partial charge in [0.25, 0.3) is 0 Å². The largest absolute Gasteiger partial charge is 0.497 e. The lowest BCUT2D eigenvalue weighted by molar-refractivity contribution is -0.128. The van der Waals surface area contributed by atoms with Gasteiger partial charge in [0, 0.05) is 30.6 Å². The summed E-state index contributed by atoms with van der Waals surface area (Å²) in [7, 11) is 1.51. The number of hydrogen-bond acceptors (Lipinski definition) is 5. The second-order valence-corrected chi connectivity index (χ2v) is 9.27. The quantitative estimate of drug-likeness (QED) is 0.382. The molecule has 1 aliphatic carbocycles. The Labute approximate surface area is 221 Å². The van der Waals surface area contributed by atoms with Crippen LogP contribution >= 0.6 is 0 Å². The standard InChI is InChI=1S/C29H32FN3O5/c1-37-24-9-4-8-23(18-24)33(27(35)16-15-26(34)31-19-25-10-5-17-38-25)28(20-11-13-21(30)14-12-20)29(36)32-22-6-2-3-7-22/h4-5,8-14,17-18,22,28H,2-3,6-7,15-16,19H2,1H3,(H,31,34)(H,32,36)/t28-/m1/s1. The molecule has 9 heteroatoms. The van der Waals surface area contributed by atoms with Gasteiger partial charge in [0.15, 0.2) is 0 Å². The molecule has 2 aromatic carbocycles. The van der Waals surface area contributed by atoms with Gasteiger partial charge in [0.2, 0.25) is 17.7 Å². The molecule has 1 aliphatic rings. The summed E-state index contributed by atoms with van der Waals surface area (Å²) < 4.78 is 24.4. The van der Waals surface area contributed by atoms with Gasteiger partial charge in [-0.25, -0.2) is 4.39 Å². The number of nitrogens with one attached hydrogen (secondary N) is 2. The molecule has 0 radical (unpaired) electrons. The number of halogens is 1. The lowest BCUT2D eigenvalue weighted by Gasteiger charge is -2.32. The first kappa shape index (κ1) is 26.9. The Morgan fingerprint density at radius 1 is 1.05 bits per heavy atom. The second kappa shape index (κ2) is 12.9. The van der Waals surface area contributed by atoms with Gasteiger partial charge in [0.1, 0.15) is 23.4 Å². The molecule has 0 unspecified atom stereocenters. The van der Waals surface area contributed by atoms with Crippen LogP contribution in [-0.4, -0.2) is 30.9 Å². The fraction of sp³-hybridized carbons (Fsp3) is 0.345. The number of rotatable bonds is 11. The third-order valence-corrected chi connectivity index (χ3v) is 6.60. The minimum absolute atomic E-state index is 0.0140. The van der Waals surface area contributed by atoms with E-state index < -0.39 is 17.8 Å². The average molecular weight is 522 g/mol. The number of benzene rings is 2. The monoisotopic (exact) mass is 521 g/mol. The van der Waals surface area contributed by atoms with Crippen molar-refractivity contribution in [2.75, 3.05) is 12.0 Å². The summed E-state index contributed by atoms with van der Waals surface area (Å²) in [6.45, 7) is 0.210. The van der Waals surface area contributed by atoms with E-state index in [1.165, 1.54) is 42.5 Å². The number of methoxy groups -OCH3 is 1. The molecule has 0 aliphatic heterocycles. The summed E-state index contributed by atoms with van der Waals surface area (Å²) in [4.78, 5) is 41.3. The smallest absolute Gasteiger partial charge is 0.248 e. The second-order valence-electron chi connectivity index (χ2n) is 9.27. The van der Waals surface area contributed by atoms with Crippen LogP contribution in [0.5, 0.6) is 5.75 Å². The molecular weight excluding hydrogens is 489 g/mol. The molecule has 1 fully saturated rings. The van der Waals surface area contributed by atoms with Crippen molar-refractivity contribution in [1.82, 2.24) is 10.6 Å². The van der Waals surface area contributed by atoms with Crippen LogP contribution in [0.4, 0.5) is 10.1 Å². The van der Waals surface area contributed by atoms with Gasteiger partial charge in [-0.3, -0.25) is 19.3 Å². The third-order valence-electron chi connectivity index (χ3n) is 6.60. The van der Waals surface area contributed by atoms with E-state index in [1.54, 1.807) is 36.4 Å². The molecule has 38 heavy (non-hydrogen) atoms. The SMILES string of the molecule is COc1cccc(N(C(=O)CCC(=O)NCc2ccco2)[C@@H](C(=O)NC2CCCC2)c2ccc(F)cc2)c1. The normalized spacial score (nSPS) is 14.1. The van der Waals surface area contributed by atoms with E-state index in [4.69, 9.17) is 9.15 Å². The van der Waals surface area contributed by atoms with Crippen molar-refractivity contribution in [3.63, 3.8) is 0 Å². The Kier molecular flexibility index (Phi) is 9.13. The summed E-state index contributed by atoms with van der Waals surface area (Å²) in [5.74, 6) is -0.456. The van der Waals surface area contributed by atoms with Crippen molar-refractivity contribution in [3.05, 3.63) is 84.1 Å². The van der Waals surface area contributed by atoms with Gasteiger partial charge >= 0.3 is 0 Å². The number of anilines is 1. The first-order valence-electron chi connectivity index (χ1n) is 12.8. The van der Waals surface area contributed by atoms with Crippen LogP contribution < -0.4 is 20.3 Å². The molecule has 8 nitrogen and oxygen atoms in total. The Morgan fingerprint density at radius 3 is 2.50 bits per heavy atom. The first-order valence-corrected chi connectivity index (χ1v) is 12.8. The van der Waals surface area contributed by atoms with Gasteiger partial charge in [0.05, 0.1) is 19.9 Å². The zero-order chi connectivity index (χ0) is 26.9. The van der Waals surface area contributed by atoms with E-state index in [1.807, 2.05) is 0 Å². The molecular formula is C29H32FN3O5. The number of furan rings is 1. The maximum absolute atomic E-state index is 13.8. The molecule has 0 bridgehead atoms. The molecule has 1 heterocycles. The van der Waals surface area contributed by atoms with Crippen LogP contribution in [0.25, 0.3) is 0 Å². The number of hydrogen-bond donors (Lipinski definition) is 2. The summed E-state index contributed by atoms with van der Waals surface area (Å²) in [5.41, 5.74) is 0.890. The maximum atomic E-state index is 13.8. The maximum Gasteiger partial charge on any atom is 0.248 e. The highest BCUT2D eigenvalue weighted by molar-refractivity contribution is 6.02. The van der Waals surface area contributed by atoms with Crippen LogP contribution in [0, 0.1) is 5.82 Å². The molecule has 0 saturated heterocycles. The van der Waals surface area contributed by atoms with Crippen molar-refractivity contribution in [3.8, 4) is 5.75 Å². The van der Waals surface area contributed by atoms with Gasteiger partial charge in [-0.1, -0.05) is 31.0 Å². The Morgan fingerprint density at radius 2 is 1.82 bits per heavy atom. The van der Waals surface area contributed by atoms with E-state index in [2.05, 4.69) is 10.6 Å². The highest BCUT2D eigenvalue weighted by atomic mass is 19.1. The molecule has 1 atom stereocenters. The molecule has 1 saturated carbocycles. The zero-order valence-corrected chi connectivity index (χ0v) is 21.3. The van der Waals surface area contributed by atoms with Crippen LogP contribution in [0.2, 0.25) is 0 Å². The summed E-state index contributed by atoms with van der Waals surface area (Å²) in [5, 5.41) is 5.81. The van der Waals surface area contributed by atoms with Crippen LogP contribution in [0.15, 0.2) is 71.3 Å². The zero-order valence-electron chi connectivity index (χ0n) is 21.3.